The third kappa shape index (κ3) is 2.88. The number of piperazine rings is 1. The number of aryl methyl sites for hydroxylation is 1. The molecule has 0 spiro atoms. The molecule has 7 heteroatoms. The molecule has 0 aliphatic carbocycles. The Morgan fingerprint density at radius 3 is 2.73 bits per heavy atom. The zero-order chi connectivity index (χ0) is 15.7. The normalized spacial score (nSPS) is 16.4. The van der Waals surface area contributed by atoms with Gasteiger partial charge in [0.2, 0.25) is 0 Å². The number of halogens is 1. The van der Waals surface area contributed by atoms with Crippen LogP contribution in [-0.2, 0) is 0 Å². The van der Waals surface area contributed by atoms with Crippen molar-refractivity contribution in [2.75, 3.05) is 39.3 Å². The topological polar surface area (TPSA) is 61.1 Å². The number of hydrogen-bond acceptors (Lipinski definition) is 4. The van der Waals surface area contributed by atoms with Crippen molar-refractivity contribution in [3.63, 3.8) is 0 Å². The van der Waals surface area contributed by atoms with Crippen LogP contribution in [0, 0.1) is 6.92 Å². The first-order valence-corrected chi connectivity index (χ1v) is 8.16. The minimum Gasteiger partial charge on any atom is -0.395 e. The molecule has 0 bridgehead atoms. The van der Waals surface area contributed by atoms with Gasteiger partial charge >= 0.3 is 0 Å². The minimum atomic E-state index is 0.0201. The zero-order valence-electron chi connectivity index (χ0n) is 12.5. The molecule has 3 heterocycles. The Morgan fingerprint density at radius 1 is 1.32 bits per heavy atom. The number of pyridine rings is 1. The fourth-order valence-corrected chi connectivity index (χ4v) is 3.20. The van der Waals surface area contributed by atoms with Crippen LogP contribution in [0.3, 0.4) is 0 Å². The van der Waals surface area contributed by atoms with Crippen LogP contribution in [0.2, 0.25) is 0 Å². The SMILES string of the molecule is Cc1nc2ccc(Br)cn2c1C(=O)N1CCN(CCO)CC1. The molecule has 2 aromatic rings. The summed E-state index contributed by atoms with van der Waals surface area (Å²) in [6.45, 7) is 5.66. The lowest BCUT2D eigenvalue weighted by molar-refractivity contribution is 0.0607. The summed E-state index contributed by atoms with van der Waals surface area (Å²) in [5.41, 5.74) is 2.16. The molecule has 118 valence electrons. The Morgan fingerprint density at radius 2 is 2.05 bits per heavy atom. The lowest BCUT2D eigenvalue weighted by Gasteiger charge is -2.34. The number of aromatic nitrogens is 2. The van der Waals surface area contributed by atoms with Gasteiger partial charge in [-0.15, -0.1) is 0 Å². The maximum Gasteiger partial charge on any atom is 0.272 e. The standard InChI is InChI=1S/C15H19BrN4O2/c1-11-14(20-10-12(16)2-3-13(20)17-11)15(22)19-6-4-18(5-7-19)8-9-21/h2-3,10,21H,4-9H2,1H3. The summed E-state index contributed by atoms with van der Waals surface area (Å²) in [6.07, 6.45) is 1.88. The Labute approximate surface area is 137 Å². The van der Waals surface area contributed by atoms with Crippen molar-refractivity contribution >= 4 is 27.5 Å². The summed E-state index contributed by atoms with van der Waals surface area (Å²) >= 11 is 3.44. The number of carbonyl (C=O) groups excluding carboxylic acids is 1. The van der Waals surface area contributed by atoms with Crippen LogP contribution >= 0.6 is 15.9 Å². The van der Waals surface area contributed by atoms with Crippen molar-refractivity contribution in [3.8, 4) is 0 Å². The minimum absolute atomic E-state index is 0.0201. The lowest BCUT2D eigenvalue weighted by Crippen LogP contribution is -2.49. The molecule has 1 N–H and O–H groups in total. The maximum atomic E-state index is 12.9. The third-order valence-electron chi connectivity index (χ3n) is 4.04. The molecule has 2 aromatic heterocycles. The van der Waals surface area contributed by atoms with E-state index >= 15 is 0 Å². The van der Waals surface area contributed by atoms with Crippen LogP contribution in [0.1, 0.15) is 16.2 Å². The van der Waals surface area contributed by atoms with Gasteiger partial charge in [-0.05, 0) is 35.0 Å². The van der Waals surface area contributed by atoms with Crippen LogP contribution in [-0.4, -0.2) is 69.5 Å². The monoisotopic (exact) mass is 366 g/mol. The lowest BCUT2D eigenvalue weighted by atomic mass is 10.2. The summed E-state index contributed by atoms with van der Waals surface area (Å²) in [5.74, 6) is 0.0201. The molecule has 6 nitrogen and oxygen atoms in total. The second kappa shape index (κ2) is 6.36. The molecule has 1 amide bonds. The third-order valence-corrected chi connectivity index (χ3v) is 4.50. The van der Waals surface area contributed by atoms with Gasteiger partial charge in [0.1, 0.15) is 11.3 Å². The van der Waals surface area contributed by atoms with E-state index in [0.29, 0.717) is 25.3 Å². The Bertz CT molecular complexity index is 692. The zero-order valence-corrected chi connectivity index (χ0v) is 14.1. The van der Waals surface area contributed by atoms with Gasteiger partial charge in [-0.2, -0.15) is 0 Å². The molecule has 1 saturated heterocycles. The maximum absolute atomic E-state index is 12.9. The van der Waals surface area contributed by atoms with E-state index in [2.05, 4.69) is 25.8 Å². The molecule has 0 radical (unpaired) electrons. The van der Waals surface area contributed by atoms with Gasteiger partial charge in [-0.3, -0.25) is 14.1 Å². The van der Waals surface area contributed by atoms with Crippen molar-refractivity contribution < 1.29 is 9.90 Å². The quantitative estimate of drug-likeness (QED) is 0.885. The van der Waals surface area contributed by atoms with Gasteiger partial charge in [-0.25, -0.2) is 4.98 Å². The predicted octanol–water partition coefficient (Wildman–Crippen LogP) is 1.16. The van der Waals surface area contributed by atoms with E-state index in [-0.39, 0.29) is 12.5 Å². The van der Waals surface area contributed by atoms with Gasteiger partial charge in [0.05, 0.1) is 12.3 Å². The summed E-state index contributed by atoms with van der Waals surface area (Å²) in [7, 11) is 0. The number of β-amino-alcohol motifs (C(OH)–C–C–N with tert-alkyl or cyclic N) is 1. The fraction of sp³-hybridized carbons (Fsp3) is 0.467. The highest BCUT2D eigenvalue weighted by Crippen LogP contribution is 2.19. The number of amides is 1. The second-order valence-electron chi connectivity index (χ2n) is 5.48. The first kappa shape index (κ1) is 15.5. The molecule has 1 aliphatic rings. The van der Waals surface area contributed by atoms with Gasteiger partial charge in [0.25, 0.3) is 5.91 Å². The molecule has 3 rings (SSSR count). The van der Waals surface area contributed by atoms with E-state index in [1.54, 1.807) is 0 Å². The summed E-state index contributed by atoms with van der Waals surface area (Å²) in [4.78, 5) is 21.4. The average molecular weight is 367 g/mol. The number of rotatable bonds is 3. The summed E-state index contributed by atoms with van der Waals surface area (Å²) < 4.78 is 2.76. The highest BCUT2D eigenvalue weighted by Gasteiger charge is 2.25. The second-order valence-corrected chi connectivity index (χ2v) is 6.39. The van der Waals surface area contributed by atoms with Crippen LogP contribution < -0.4 is 0 Å². The highest BCUT2D eigenvalue weighted by atomic mass is 79.9. The van der Waals surface area contributed by atoms with Crippen molar-refractivity contribution in [1.82, 2.24) is 19.2 Å². The molecule has 1 fully saturated rings. The molecule has 0 atom stereocenters. The van der Waals surface area contributed by atoms with E-state index < -0.39 is 0 Å². The predicted molar refractivity (Wildman–Crippen MR) is 87.1 cm³/mol. The fourth-order valence-electron chi connectivity index (χ4n) is 2.86. The van der Waals surface area contributed by atoms with Crippen LogP contribution in [0.15, 0.2) is 22.8 Å². The van der Waals surface area contributed by atoms with Crippen molar-refractivity contribution in [2.45, 2.75) is 6.92 Å². The highest BCUT2D eigenvalue weighted by molar-refractivity contribution is 9.10. The summed E-state index contributed by atoms with van der Waals surface area (Å²) in [6, 6.07) is 3.82. The number of hydrogen-bond donors (Lipinski definition) is 1. The largest absolute Gasteiger partial charge is 0.395 e. The summed E-state index contributed by atoms with van der Waals surface area (Å²) in [5, 5.41) is 8.99. The number of aliphatic hydroxyl groups excluding tert-OH is 1. The number of nitrogens with zero attached hydrogens (tertiary/aromatic N) is 4. The van der Waals surface area contributed by atoms with Gasteiger partial charge in [-0.1, -0.05) is 0 Å². The molecule has 22 heavy (non-hydrogen) atoms. The van der Waals surface area contributed by atoms with Gasteiger partial charge in [0.15, 0.2) is 0 Å². The number of aliphatic hydroxyl groups is 1. The van der Waals surface area contributed by atoms with E-state index in [4.69, 9.17) is 5.11 Å². The van der Waals surface area contributed by atoms with Gasteiger partial charge in [0, 0.05) is 43.4 Å². The van der Waals surface area contributed by atoms with Crippen LogP contribution in [0.5, 0.6) is 0 Å². The Balaban J connectivity index is 1.84. The molecule has 0 unspecified atom stereocenters. The molecule has 0 saturated carbocycles. The molecule has 0 aromatic carbocycles. The average Bonchev–Trinajstić information content (AvgIpc) is 2.83. The van der Waals surface area contributed by atoms with E-state index in [9.17, 15) is 4.79 Å². The smallest absolute Gasteiger partial charge is 0.272 e. The van der Waals surface area contributed by atoms with E-state index in [0.717, 1.165) is 28.9 Å². The molecular formula is C15H19BrN4O2. The van der Waals surface area contributed by atoms with Crippen LogP contribution in [0.25, 0.3) is 5.65 Å². The van der Waals surface area contributed by atoms with E-state index in [1.807, 2.05) is 34.6 Å². The Hall–Kier alpha value is -1.44. The van der Waals surface area contributed by atoms with E-state index in [1.165, 1.54) is 0 Å². The van der Waals surface area contributed by atoms with Crippen molar-refractivity contribution in [1.29, 1.82) is 0 Å². The number of imidazole rings is 1. The van der Waals surface area contributed by atoms with Crippen molar-refractivity contribution in [3.05, 3.63) is 34.2 Å². The Kier molecular flexibility index (Phi) is 4.46. The number of carbonyl (C=O) groups is 1. The molecular weight excluding hydrogens is 348 g/mol. The van der Waals surface area contributed by atoms with Crippen LogP contribution in [0.4, 0.5) is 0 Å². The number of fused-ring (bicyclic) bond motifs is 1. The van der Waals surface area contributed by atoms with Gasteiger partial charge < -0.3 is 10.0 Å². The van der Waals surface area contributed by atoms with Crippen molar-refractivity contribution in [2.24, 2.45) is 0 Å². The first-order valence-electron chi connectivity index (χ1n) is 7.37. The first-order chi connectivity index (χ1) is 10.6. The molecule has 1 aliphatic heterocycles.